The number of benzene rings is 3. The van der Waals surface area contributed by atoms with Gasteiger partial charge in [-0.2, -0.15) is 26.3 Å². The third-order valence-electron chi connectivity index (χ3n) is 4.87. The molecule has 0 saturated heterocycles. The highest BCUT2D eigenvalue weighted by Gasteiger charge is 2.79. The third-order valence-corrected chi connectivity index (χ3v) is 5.12. The second-order valence-corrected chi connectivity index (χ2v) is 7.34. The summed E-state index contributed by atoms with van der Waals surface area (Å²) in [5.41, 5.74) is -4.78. The van der Waals surface area contributed by atoms with Crippen molar-refractivity contribution in [2.75, 3.05) is 10.0 Å². The van der Waals surface area contributed by atoms with Crippen molar-refractivity contribution in [2.45, 2.75) is 18.0 Å². The van der Waals surface area contributed by atoms with E-state index in [1.54, 1.807) is 6.07 Å². The number of para-hydroxylation sites is 2. The van der Waals surface area contributed by atoms with Gasteiger partial charge in [0.15, 0.2) is 5.84 Å². The van der Waals surface area contributed by atoms with Gasteiger partial charge in [-0.25, -0.2) is 15.0 Å². The van der Waals surface area contributed by atoms with Crippen molar-refractivity contribution in [3.63, 3.8) is 0 Å². The van der Waals surface area contributed by atoms with E-state index < -0.39 is 23.9 Å². The fourth-order valence-corrected chi connectivity index (χ4v) is 3.61. The normalized spacial score (nSPS) is 16.3. The molecule has 0 N–H and O–H groups in total. The van der Waals surface area contributed by atoms with Gasteiger partial charge in [0.25, 0.3) is 0 Å². The molecular weight excluding hydrogens is 456 g/mol. The highest BCUT2D eigenvalue weighted by molar-refractivity contribution is 6.30. The molecule has 1 aliphatic rings. The molecule has 1 aliphatic heterocycles. The van der Waals surface area contributed by atoms with E-state index in [2.05, 4.69) is 4.99 Å². The molecule has 10 heteroatoms. The summed E-state index contributed by atoms with van der Waals surface area (Å²) in [6, 6.07) is 19.4. The van der Waals surface area contributed by atoms with Crippen molar-refractivity contribution in [2.24, 2.45) is 4.99 Å². The first-order valence-corrected chi connectivity index (χ1v) is 9.64. The zero-order valence-corrected chi connectivity index (χ0v) is 16.8. The topological polar surface area (TPSA) is 18.8 Å². The van der Waals surface area contributed by atoms with Crippen molar-refractivity contribution in [1.29, 1.82) is 0 Å². The lowest BCUT2D eigenvalue weighted by Gasteiger charge is -2.43. The second kappa shape index (κ2) is 7.74. The van der Waals surface area contributed by atoms with Gasteiger partial charge in [0.1, 0.15) is 0 Å². The molecule has 3 aromatic carbocycles. The number of hydrazine groups is 1. The average Bonchev–Trinajstić information content (AvgIpc) is 3.13. The molecule has 0 spiro atoms. The van der Waals surface area contributed by atoms with Crippen LogP contribution in [-0.4, -0.2) is 23.9 Å². The molecule has 32 heavy (non-hydrogen) atoms. The molecule has 3 aromatic rings. The Balaban J connectivity index is 2.08. The molecule has 0 aliphatic carbocycles. The first kappa shape index (κ1) is 22.0. The fraction of sp³-hybridized carbons (Fsp3) is 0.136. The lowest BCUT2D eigenvalue weighted by atomic mass is 10.1. The van der Waals surface area contributed by atoms with Crippen molar-refractivity contribution < 1.29 is 26.3 Å². The van der Waals surface area contributed by atoms with Gasteiger partial charge in [0.2, 0.25) is 0 Å². The number of nitrogens with zero attached hydrogens (tertiary/aromatic N) is 3. The standard InChI is InChI=1S/C22H14ClF6N3/c23-16-13-11-15(12-14-16)19-30-20(21(24,25)26,22(27,28)29)32(18-9-5-2-6-10-18)31(19)17-7-3-1-4-8-17/h1-14H. The molecule has 0 saturated carbocycles. The summed E-state index contributed by atoms with van der Waals surface area (Å²) < 4.78 is 86.2. The molecule has 0 atom stereocenters. The summed E-state index contributed by atoms with van der Waals surface area (Å²) in [4.78, 5) is 3.35. The van der Waals surface area contributed by atoms with E-state index in [-0.39, 0.29) is 27.0 Å². The minimum absolute atomic E-state index is 0.0366. The van der Waals surface area contributed by atoms with E-state index in [0.29, 0.717) is 0 Å². The fourth-order valence-electron chi connectivity index (χ4n) is 3.48. The van der Waals surface area contributed by atoms with Gasteiger partial charge in [-0.05, 0) is 48.5 Å². The van der Waals surface area contributed by atoms with Crippen LogP contribution in [0.4, 0.5) is 37.7 Å². The molecule has 1 heterocycles. The maximum absolute atomic E-state index is 14.4. The molecule has 3 nitrogen and oxygen atoms in total. The van der Waals surface area contributed by atoms with E-state index >= 15 is 0 Å². The van der Waals surface area contributed by atoms with Gasteiger partial charge >= 0.3 is 18.0 Å². The van der Waals surface area contributed by atoms with Crippen molar-refractivity contribution in [3.05, 3.63) is 95.5 Å². The molecule has 0 bridgehead atoms. The summed E-state index contributed by atoms with van der Waals surface area (Å²) in [6.07, 6.45) is -11.6. The maximum Gasteiger partial charge on any atom is 0.443 e. The molecule has 0 unspecified atom stereocenters. The predicted octanol–water partition coefficient (Wildman–Crippen LogP) is 6.85. The Morgan fingerprint density at radius 3 is 1.59 bits per heavy atom. The van der Waals surface area contributed by atoms with E-state index in [4.69, 9.17) is 11.6 Å². The first-order chi connectivity index (χ1) is 15.1. The van der Waals surface area contributed by atoms with Crippen molar-refractivity contribution in [3.8, 4) is 0 Å². The Morgan fingerprint density at radius 1 is 0.656 bits per heavy atom. The zero-order valence-electron chi connectivity index (χ0n) is 16.1. The molecule has 0 amide bonds. The van der Waals surface area contributed by atoms with Crippen molar-refractivity contribution >= 4 is 28.8 Å². The van der Waals surface area contributed by atoms with Crippen molar-refractivity contribution in [1.82, 2.24) is 0 Å². The number of amidine groups is 1. The van der Waals surface area contributed by atoms with Gasteiger partial charge in [-0.1, -0.05) is 48.0 Å². The molecule has 4 rings (SSSR count). The van der Waals surface area contributed by atoms with Crippen LogP contribution in [0.15, 0.2) is 89.9 Å². The summed E-state index contributed by atoms with van der Waals surface area (Å²) in [6.45, 7) is 0. The number of hydrogen-bond acceptors (Lipinski definition) is 3. The van der Waals surface area contributed by atoms with Gasteiger partial charge in [0.05, 0.1) is 11.4 Å². The van der Waals surface area contributed by atoms with Crippen LogP contribution in [-0.2, 0) is 0 Å². The zero-order chi connectivity index (χ0) is 23.1. The van der Waals surface area contributed by atoms with Gasteiger partial charge in [-0.3, -0.25) is 0 Å². The number of rotatable bonds is 3. The molecule has 166 valence electrons. The third kappa shape index (κ3) is 3.46. The van der Waals surface area contributed by atoms with Crippen LogP contribution in [0.2, 0.25) is 5.02 Å². The van der Waals surface area contributed by atoms with Crippen LogP contribution in [0, 0.1) is 0 Å². The van der Waals surface area contributed by atoms with Crippen LogP contribution in [0.25, 0.3) is 0 Å². The summed E-state index contributed by atoms with van der Waals surface area (Å²) >= 11 is 5.87. The smallest absolute Gasteiger partial charge is 0.235 e. The predicted molar refractivity (Wildman–Crippen MR) is 111 cm³/mol. The minimum Gasteiger partial charge on any atom is -0.235 e. The lowest BCUT2D eigenvalue weighted by molar-refractivity contribution is -0.292. The Kier molecular flexibility index (Phi) is 5.32. The number of anilines is 2. The summed E-state index contributed by atoms with van der Waals surface area (Å²) in [7, 11) is 0. The molecule has 0 radical (unpaired) electrons. The maximum atomic E-state index is 14.4. The number of halogens is 7. The quantitative estimate of drug-likeness (QED) is 0.391. The van der Waals surface area contributed by atoms with Crippen LogP contribution >= 0.6 is 11.6 Å². The molecular formula is C22H14ClF6N3. The first-order valence-electron chi connectivity index (χ1n) is 9.26. The molecule has 0 aromatic heterocycles. The number of hydrogen-bond donors (Lipinski definition) is 0. The van der Waals surface area contributed by atoms with Crippen LogP contribution < -0.4 is 10.0 Å². The summed E-state index contributed by atoms with van der Waals surface area (Å²) in [5, 5.41) is 1.25. The number of alkyl halides is 6. The van der Waals surface area contributed by atoms with Gasteiger partial charge in [0, 0.05) is 10.6 Å². The van der Waals surface area contributed by atoms with Crippen LogP contribution in [0.5, 0.6) is 0 Å². The minimum atomic E-state index is -5.80. The summed E-state index contributed by atoms with van der Waals surface area (Å²) in [5.74, 6) is -0.522. The van der Waals surface area contributed by atoms with E-state index in [9.17, 15) is 26.3 Å². The Labute approximate surface area is 184 Å². The number of aliphatic imine (C=N–C) groups is 1. The highest BCUT2D eigenvalue weighted by atomic mass is 35.5. The van der Waals surface area contributed by atoms with Crippen LogP contribution in [0.1, 0.15) is 5.56 Å². The highest BCUT2D eigenvalue weighted by Crippen LogP contribution is 2.54. The Morgan fingerprint density at radius 2 is 1.12 bits per heavy atom. The monoisotopic (exact) mass is 469 g/mol. The van der Waals surface area contributed by atoms with Gasteiger partial charge < -0.3 is 0 Å². The van der Waals surface area contributed by atoms with E-state index in [1.807, 2.05) is 0 Å². The van der Waals surface area contributed by atoms with Gasteiger partial charge in [-0.15, -0.1) is 0 Å². The largest absolute Gasteiger partial charge is 0.443 e. The van der Waals surface area contributed by atoms with E-state index in [1.165, 1.54) is 78.9 Å². The average molecular weight is 470 g/mol. The van der Waals surface area contributed by atoms with E-state index in [0.717, 1.165) is 5.01 Å². The second-order valence-electron chi connectivity index (χ2n) is 6.90. The Bertz CT molecular complexity index is 1100. The Hall–Kier alpha value is -3.20. The lowest BCUT2D eigenvalue weighted by Crippen LogP contribution is -2.68. The molecule has 0 fully saturated rings. The SMILES string of the molecule is FC(F)(F)C1(C(F)(F)F)N=C(c2ccc(Cl)cc2)N(c2ccccc2)N1c1ccccc1. The van der Waals surface area contributed by atoms with Crippen LogP contribution in [0.3, 0.4) is 0 Å².